The van der Waals surface area contributed by atoms with Gasteiger partial charge in [0.25, 0.3) is 5.91 Å². The Bertz CT molecular complexity index is 1190. The number of nitrogens with one attached hydrogen (secondary N) is 1. The van der Waals surface area contributed by atoms with E-state index < -0.39 is 21.6 Å². The molecule has 1 aliphatic rings. The number of amides is 1. The van der Waals surface area contributed by atoms with Gasteiger partial charge in [-0.25, -0.2) is 17.5 Å². The molecule has 0 bridgehead atoms. The summed E-state index contributed by atoms with van der Waals surface area (Å²) in [5, 5.41) is 7.15. The molecule has 9 heteroatoms. The number of carbonyl (C=O) groups excluding carboxylic acids is 1. The van der Waals surface area contributed by atoms with Gasteiger partial charge in [0.1, 0.15) is 17.4 Å². The highest BCUT2D eigenvalue weighted by Gasteiger charge is 2.33. The molecule has 0 radical (unpaired) electrons. The Labute approximate surface area is 167 Å². The van der Waals surface area contributed by atoms with Crippen LogP contribution in [0.1, 0.15) is 16.8 Å². The van der Waals surface area contributed by atoms with E-state index in [4.69, 9.17) is 4.74 Å². The minimum atomic E-state index is -3.28. The van der Waals surface area contributed by atoms with Crippen molar-refractivity contribution in [3.8, 4) is 11.4 Å². The van der Waals surface area contributed by atoms with E-state index in [-0.39, 0.29) is 18.1 Å². The van der Waals surface area contributed by atoms with E-state index in [0.29, 0.717) is 28.5 Å². The smallest absolute Gasteiger partial charge is 0.263 e. The molecule has 0 saturated carbocycles. The number of rotatable bonds is 5. The normalized spacial score (nSPS) is 14.4. The Morgan fingerprint density at radius 3 is 2.69 bits per heavy atom. The van der Waals surface area contributed by atoms with Crippen LogP contribution in [0.4, 0.5) is 10.2 Å². The topological polar surface area (TPSA) is 90.3 Å². The van der Waals surface area contributed by atoms with Crippen molar-refractivity contribution < 1.29 is 22.3 Å². The average molecular weight is 415 g/mol. The van der Waals surface area contributed by atoms with Gasteiger partial charge in [0.2, 0.25) is 0 Å². The van der Waals surface area contributed by atoms with Crippen molar-refractivity contribution in [3.63, 3.8) is 0 Å². The second-order valence-electron chi connectivity index (χ2n) is 6.85. The van der Waals surface area contributed by atoms with E-state index in [1.54, 1.807) is 4.68 Å². The minimum Gasteiger partial charge on any atom is -0.484 e. The van der Waals surface area contributed by atoms with Crippen molar-refractivity contribution in [1.82, 2.24) is 9.78 Å². The summed E-state index contributed by atoms with van der Waals surface area (Å²) in [6, 6.07) is 12.8. The first-order chi connectivity index (χ1) is 13.8. The van der Waals surface area contributed by atoms with Crippen LogP contribution < -0.4 is 10.1 Å². The van der Waals surface area contributed by atoms with Gasteiger partial charge in [0.05, 0.1) is 22.9 Å². The zero-order valence-electron chi connectivity index (χ0n) is 15.6. The average Bonchev–Trinajstić information content (AvgIpc) is 3.14. The van der Waals surface area contributed by atoms with Crippen LogP contribution in [0, 0.1) is 12.7 Å². The van der Waals surface area contributed by atoms with Crippen molar-refractivity contribution in [2.45, 2.75) is 18.4 Å². The van der Waals surface area contributed by atoms with Gasteiger partial charge in [-0.05, 0) is 48.9 Å². The predicted octanol–water partition coefficient (Wildman–Crippen LogP) is 2.77. The Hall–Kier alpha value is -3.20. The lowest BCUT2D eigenvalue weighted by molar-refractivity contribution is -0.118. The van der Waals surface area contributed by atoms with E-state index in [1.165, 1.54) is 24.3 Å². The lowest BCUT2D eigenvalue weighted by atomic mass is 10.2. The number of sulfone groups is 1. The van der Waals surface area contributed by atoms with Crippen molar-refractivity contribution in [1.29, 1.82) is 0 Å². The molecule has 7 nitrogen and oxygen atoms in total. The molecule has 0 aliphatic carbocycles. The van der Waals surface area contributed by atoms with Crippen LogP contribution in [0.5, 0.6) is 5.75 Å². The molecule has 3 aromatic rings. The molecule has 0 saturated heterocycles. The molecule has 1 amide bonds. The molecular formula is C20H18FN3O4S. The molecule has 0 atom stereocenters. The molecule has 2 aromatic carbocycles. The molecule has 1 N–H and O–H groups in total. The molecule has 0 spiro atoms. The summed E-state index contributed by atoms with van der Waals surface area (Å²) < 4.78 is 43.9. The summed E-state index contributed by atoms with van der Waals surface area (Å²) in [6.45, 7) is 1.62. The second-order valence-corrected chi connectivity index (χ2v) is 8.91. The summed E-state index contributed by atoms with van der Waals surface area (Å²) in [4.78, 5) is 12.5. The monoisotopic (exact) mass is 415 g/mol. The number of aromatic nitrogens is 2. The third kappa shape index (κ3) is 4.14. The van der Waals surface area contributed by atoms with E-state index in [2.05, 4.69) is 10.4 Å². The first-order valence-electron chi connectivity index (χ1n) is 8.87. The number of fused-ring (bicyclic) bond motifs is 1. The predicted molar refractivity (Wildman–Crippen MR) is 105 cm³/mol. The number of hydrogen-bond acceptors (Lipinski definition) is 5. The number of anilines is 1. The van der Waals surface area contributed by atoms with Crippen molar-refractivity contribution in [2.75, 3.05) is 11.9 Å². The van der Waals surface area contributed by atoms with E-state index >= 15 is 0 Å². The van der Waals surface area contributed by atoms with Gasteiger partial charge in [-0.15, -0.1) is 0 Å². The van der Waals surface area contributed by atoms with E-state index in [1.807, 2.05) is 31.2 Å². The highest BCUT2D eigenvalue weighted by molar-refractivity contribution is 7.90. The van der Waals surface area contributed by atoms with Crippen molar-refractivity contribution in [2.24, 2.45) is 0 Å². The molecular weight excluding hydrogens is 397 g/mol. The number of benzene rings is 2. The van der Waals surface area contributed by atoms with Gasteiger partial charge in [-0.1, -0.05) is 12.1 Å². The Morgan fingerprint density at radius 1 is 1.21 bits per heavy atom. The summed E-state index contributed by atoms with van der Waals surface area (Å²) in [7, 11) is -3.28. The van der Waals surface area contributed by atoms with Crippen LogP contribution in [0.25, 0.3) is 5.69 Å². The minimum absolute atomic E-state index is 0.157. The first kappa shape index (κ1) is 19.1. The van der Waals surface area contributed by atoms with Gasteiger partial charge in [-0.3, -0.25) is 4.79 Å². The number of ether oxygens (including phenoxy) is 1. The standard InChI is InChI=1S/C20H18FN3O4S/c1-13-3-2-4-15(9-13)24-20(17-11-29(26,27)12-18(17)23-24)22-19(25)10-28-16-7-5-14(21)6-8-16/h2-9H,10-12H2,1H3,(H,22,25). The maximum absolute atomic E-state index is 13.0. The third-order valence-electron chi connectivity index (χ3n) is 4.48. The Morgan fingerprint density at radius 2 is 1.97 bits per heavy atom. The molecule has 1 aliphatic heterocycles. The van der Waals surface area contributed by atoms with Gasteiger partial charge in [-0.2, -0.15) is 5.10 Å². The number of aryl methyl sites for hydroxylation is 1. The highest BCUT2D eigenvalue weighted by atomic mass is 32.2. The lowest BCUT2D eigenvalue weighted by Gasteiger charge is -2.12. The molecule has 0 unspecified atom stereocenters. The molecule has 2 heterocycles. The van der Waals surface area contributed by atoms with Crippen LogP contribution in [0.3, 0.4) is 0 Å². The van der Waals surface area contributed by atoms with Crippen LogP contribution in [-0.4, -0.2) is 30.7 Å². The summed E-state index contributed by atoms with van der Waals surface area (Å²) in [5.74, 6) is -0.546. The van der Waals surface area contributed by atoms with Gasteiger partial charge >= 0.3 is 0 Å². The number of carbonyl (C=O) groups is 1. The summed E-state index contributed by atoms with van der Waals surface area (Å²) in [6.07, 6.45) is 0. The summed E-state index contributed by atoms with van der Waals surface area (Å²) in [5.41, 5.74) is 2.64. The van der Waals surface area contributed by atoms with Gasteiger partial charge in [0, 0.05) is 5.56 Å². The fourth-order valence-corrected chi connectivity index (χ4v) is 4.66. The fourth-order valence-electron chi connectivity index (χ4n) is 3.17. The van der Waals surface area contributed by atoms with E-state index in [9.17, 15) is 17.6 Å². The van der Waals surface area contributed by atoms with E-state index in [0.717, 1.165) is 5.56 Å². The van der Waals surface area contributed by atoms with Crippen molar-refractivity contribution in [3.05, 3.63) is 71.2 Å². The third-order valence-corrected chi connectivity index (χ3v) is 5.92. The quantitative estimate of drug-likeness (QED) is 0.692. The molecule has 0 fully saturated rings. The van der Waals surface area contributed by atoms with Crippen LogP contribution >= 0.6 is 0 Å². The highest BCUT2D eigenvalue weighted by Crippen LogP contribution is 2.33. The maximum atomic E-state index is 13.0. The number of halogens is 1. The molecule has 29 heavy (non-hydrogen) atoms. The summed E-state index contributed by atoms with van der Waals surface area (Å²) >= 11 is 0. The SMILES string of the molecule is Cc1cccc(-n2nc3c(c2NC(=O)COc2ccc(F)cc2)CS(=O)(=O)C3)c1. The van der Waals surface area contributed by atoms with Crippen LogP contribution in [-0.2, 0) is 26.1 Å². The molecule has 1 aromatic heterocycles. The van der Waals surface area contributed by atoms with Crippen LogP contribution in [0.15, 0.2) is 48.5 Å². The van der Waals surface area contributed by atoms with Crippen molar-refractivity contribution >= 4 is 21.6 Å². The zero-order chi connectivity index (χ0) is 20.6. The molecule has 150 valence electrons. The Kier molecular flexibility index (Phi) is 4.83. The largest absolute Gasteiger partial charge is 0.484 e. The fraction of sp³-hybridized carbons (Fsp3) is 0.200. The Balaban J connectivity index is 1.60. The first-order valence-corrected chi connectivity index (χ1v) is 10.7. The number of hydrogen-bond donors (Lipinski definition) is 1. The second kappa shape index (κ2) is 7.32. The zero-order valence-corrected chi connectivity index (χ0v) is 16.4. The number of nitrogens with zero attached hydrogens (tertiary/aromatic N) is 2. The maximum Gasteiger partial charge on any atom is 0.263 e. The van der Waals surface area contributed by atoms with Gasteiger partial charge < -0.3 is 10.1 Å². The lowest BCUT2D eigenvalue weighted by Crippen LogP contribution is -2.22. The van der Waals surface area contributed by atoms with Gasteiger partial charge in [0.15, 0.2) is 16.4 Å². The van der Waals surface area contributed by atoms with Crippen LogP contribution in [0.2, 0.25) is 0 Å². The molecule has 4 rings (SSSR count).